The molecule has 1 aromatic rings. The minimum absolute atomic E-state index is 0.393. The maximum Gasteiger partial charge on any atom is 0.133 e. The monoisotopic (exact) mass is 215 g/mol. The van der Waals surface area contributed by atoms with E-state index in [9.17, 15) is 0 Å². The van der Waals surface area contributed by atoms with Crippen molar-refractivity contribution in [1.29, 1.82) is 0 Å². The number of halogens is 1. The number of nitrogens with zero attached hydrogens (tertiary/aromatic N) is 1. The van der Waals surface area contributed by atoms with Crippen LogP contribution in [0.5, 0.6) is 0 Å². The average molecular weight is 216 g/mol. The normalized spacial score (nSPS) is 10.1. The van der Waals surface area contributed by atoms with Gasteiger partial charge in [-0.1, -0.05) is 11.6 Å². The van der Waals surface area contributed by atoms with Crippen LogP contribution in [0.4, 0.5) is 11.5 Å². The largest absolute Gasteiger partial charge is 0.399 e. The Morgan fingerprint density at radius 2 is 2.36 bits per heavy atom. The van der Waals surface area contributed by atoms with Crippen LogP contribution in [0.25, 0.3) is 0 Å². The van der Waals surface area contributed by atoms with Crippen molar-refractivity contribution in [2.24, 2.45) is 0 Å². The molecule has 0 spiro atoms. The predicted molar refractivity (Wildman–Crippen MR) is 58.6 cm³/mol. The van der Waals surface area contributed by atoms with E-state index in [2.05, 4.69) is 10.3 Å². The highest BCUT2D eigenvalue weighted by Gasteiger charge is 1.97. The van der Waals surface area contributed by atoms with Gasteiger partial charge in [0.05, 0.1) is 6.61 Å². The lowest BCUT2D eigenvalue weighted by atomic mass is 10.4. The number of aromatic nitrogens is 1. The zero-order valence-electron chi connectivity index (χ0n) is 8.09. The summed E-state index contributed by atoms with van der Waals surface area (Å²) >= 11 is 5.73. The maximum absolute atomic E-state index is 5.73. The first-order chi connectivity index (χ1) is 6.72. The van der Waals surface area contributed by atoms with Gasteiger partial charge < -0.3 is 15.8 Å². The molecule has 0 aliphatic rings. The third-order valence-corrected chi connectivity index (χ3v) is 1.77. The van der Waals surface area contributed by atoms with Gasteiger partial charge in [-0.2, -0.15) is 0 Å². The third-order valence-electron chi connectivity index (χ3n) is 1.57. The molecule has 0 aliphatic heterocycles. The summed E-state index contributed by atoms with van der Waals surface area (Å²) in [4.78, 5) is 4.05. The summed E-state index contributed by atoms with van der Waals surface area (Å²) in [6.07, 6.45) is 0. The molecule has 0 atom stereocenters. The van der Waals surface area contributed by atoms with E-state index in [-0.39, 0.29) is 0 Å². The second-order valence-corrected chi connectivity index (χ2v) is 3.12. The van der Waals surface area contributed by atoms with E-state index >= 15 is 0 Å². The van der Waals surface area contributed by atoms with Crippen LogP contribution in [0.1, 0.15) is 6.92 Å². The standard InChI is InChI=1S/C9H14ClN3O/c1-2-14-4-3-12-9-6-7(11)5-8(10)13-9/h5-6H,2-4H2,1H3,(H3,11,12,13). The Bertz CT molecular complexity index is 273. The SMILES string of the molecule is CCOCCNc1cc(N)cc(Cl)n1. The Labute approximate surface area is 88.4 Å². The first kappa shape index (κ1) is 11.1. The molecule has 0 fully saturated rings. The van der Waals surface area contributed by atoms with Crippen molar-refractivity contribution in [3.63, 3.8) is 0 Å². The molecule has 0 amide bonds. The van der Waals surface area contributed by atoms with Crippen LogP contribution < -0.4 is 11.1 Å². The lowest BCUT2D eigenvalue weighted by molar-refractivity contribution is 0.158. The first-order valence-electron chi connectivity index (χ1n) is 4.47. The van der Waals surface area contributed by atoms with E-state index in [0.717, 1.165) is 0 Å². The van der Waals surface area contributed by atoms with Gasteiger partial charge in [-0.05, 0) is 13.0 Å². The molecule has 0 aliphatic carbocycles. The fraction of sp³-hybridized carbons (Fsp3) is 0.444. The van der Waals surface area contributed by atoms with E-state index in [1.165, 1.54) is 0 Å². The number of pyridine rings is 1. The molecule has 14 heavy (non-hydrogen) atoms. The highest BCUT2D eigenvalue weighted by Crippen LogP contribution is 2.15. The van der Waals surface area contributed by atoms with Crippen molar-refractivity contribution in [2.45, 2.75) is 6.92 Å². The molecule has 0 bridgehead atoms. The van der Waals surface area contributed by atoms with Gasteiger partial charge in [0.25, 0.3) is 0 Å². The lowest BCUT2D eigenvalue weighted by Gasteiger charge is -2.06. The first-order valence-corrected chi connectivity index (χ1v) is 4.85. The van der Waals surface area contributed by atoms with Gasteiger partial charge in [0.1, 0.15) is 11.0 Å². The van der Waals surface area contributed by atoms with E-state index in [0.29, 0.717) is 36.4 Å². The summed E-state index contributed by atoms with van der Waals surface area (Å²) in [7, 11) is 0. The summed E-state index contributed by atoms with van der Waals surface area (Å²) in [6.45, 7) is 4.01. The predicted octanol–water partition coefficient (Wildman–Crippen LogP) is 1.77. The number of anilines is 2. The van der Waals surface area contributed by atoms with Crippen molar-refractivity contribution in [2.75, 3.05) is 30.8 Å². The van der Waals surface area contributed by atoms with E-state index < -0.39 is 0 Å². The smallest absolute Gasteiger partial charge is 0.133 e. The van der Waals surface area contributed by atoms with Crippen molar-refractivity contribution >= 4 is 23.1 Å². The van der Waals surface area contributed by atoms with Crippen molar-refractivity contribution < 1.29 is 4.74 Å². The number of nitrogens with two attached hydrogens (primary N) is 1. The van der Waals surface area contributed by atoms with Gasteiger partial charge in [0.2, 0.25) is 0 Å². The van der Waals surface area contributed by atoms with Crippen molar-refractivity contribution in [3.8, 4) is 0 Å². The Morgan fingerprint density at radius 3 is 3.00 bits per heavy atom. The minimum atomic E-state index is 0.393. The van der Waals surface area contributed by atoms with Gasteiger partial charge in [-0.15, -0.1) is 0 Å². The molecule has 3 N–H and O–H groups in total. The van der Waals surface area contributed by atoms with Gasteiger partial charge >= 0.3 is 0 Å². The number of hydrogen-bond donors (Lipinski definition) is 2. The Balaban J connectivity index is 2.42. The van der Waals surface area contributed by atoms with E-state index in [1.807, 2.05) is 6.92 Å². The molecule has 1 aromatic heterocycles. The summed E-state index contributed by atoms with van der Waals surface area (Å²) in [6, 6.07) is 3.34. The molecule has 5 heteroatoms. The fourth-order valence-electron chi connectivity index (χ4n) is 1.00. The van der Waals surface area contributed by atoms with Gasteiger partial charge in [0, 0.05) is 24.9 Å². The molecule has 0 saturated heterocycles. The molecular weight excluding hydrogens is 202 g/mol. The van der Waals surface area contributed by atoms with Gasteiger partial charge in [-0.25, -0.2) is 4.98 Å². The highest BCUT2D eigenvalue weighted by molar-refractivity contribution is 6.29. The third kappa shape index (κ3) is 3.81. The number of nitrogens with one attached hydrogen (secondary N) is 1. The molecule has 1 rings (SSSR count). The van der Waals surface area contributed by atoms with E-state index in [1.54, 1.807) is 12.1 Å². The number of nitrogen functional groups attached to an aromatic ring is 1. The van der Waals surface area contributed by atoms with Crippen LogP contribution in [0.15, 0.2) is 12.1 Å². The van der Waals surface area contributed by atoms with Gasteiger partial charge in [-0.3, -0.25) is 0 Å². The van der Waals surface area contributed by atoms with Crippen LogP contribution in [0.3, 0.4) is 0 Å². The Hall–Kier alpha value is -1.00. The van der Waals surface area contributed by atoms with Crippen LogP contribution in [0, 0.1) is 0 Å². The molecule has 1 heterocycles. The van der Waals surface area contributed by atoms with Gasteiger partial charge in [0.15, 0.2) is 0 Å². The molecule has 0 unspecified atom stereocenters. The molecule has 0 aromatic carbocycles. The molecule has 78 valence electrons. The van der Waals surface area contributed by atoms with Crippen LogP contribution >= 0.6 is 11.6 Å². The number of hydrogen-bond acceptors (Lipinski definition) is 4. The summed E-state index contributed by atoms with van der Waals surface area (Å²) in [5.41, 5.74) is 6.19. The summed E-state index contributed by atoms with van der Waals surface area (Å²) in [5.74, 6) is 0.676. The highest BCUT2D eigenvalue weighted by atomic mass is 35.5. The van der Waals surface area contributed by atoms with E-state index in [4.69, 9.17) is 22.1 Å². The second-order valence-electron chi connectivity index (χ2n) is 2.73. The van der Waals surface area contributed by atoms with Crippen LogP contribution in [-0.2, 0) is 4.74 Å². The lowest BCUT2D eigenvalue weighted by Crippen LogP contribution is -2.10. The second kappa shape index (κ2) is 5.67. The summed E-state index contributed by atoms with van der Waals surface area (Å²) in [5, 5.41) is 3.45. The molecule has 0 radical (unpaired) electrons. The van der Waals surface area contributed by atoms with Crippen LogP contribution in [0.2, 0.25) is 5.15 Å². The fourth-order valence-corrected chi connectivity index (χ4v) is 1.22. The molecule has 0 saturated carbocycles. The topological polar surface area (TPSA) is 60.2 Å². The zero-order chi connectivity index (χ0) is 10.4. The number of rotatable bonds is 5. The van der Waals surface area contributed by atoms with Crippen LogP contribution in [-0.4, -0.2) is 24.7 Å². The minimum Gasteiger partial charge on any atom is -0.399 e. The van der Waals surface area contributed by atoms with Crippen molar-refractivity contribution in [3.05, 3.63) is 17.3 Å². The Morgan fingerprint density at radius 1 is 1.57 bits per heavy atom. The maximum atomic E-state index is 5.73. The number of ether oxygens (including phenoxy) is 1. The summed E-state index contributed by atoms with van der Waals surface area (Å²) < 4.78 is 5.16. The quantitative estimate of drug-likeness (QED) is 0.581. The Kier molecular flexibility index (Phi) is 4.49. The average Bonchev–Trinajstić information content (AvgIpc) is 2.11. The zero-order valence-corrected chi connectivity index (χ0v) is 8.84. The molecule has 4 nitrogen and oxygen atoms in total. The molecular formula is C9H14ClN3O. The van der Waals surface area contributed by atoms with Crippen molar-refractivity contribution in [1.82, 2.24) is 4.98 Å².